The fourth-order valence-electron chi connectivity index (χ4n) is 5.51. The first-order chi connectivity index (χ1) is 25.2. The summed E-state index contributed by atoms with van der Waals surface area (Å²) < 4.78 is 63.5. The summed E-state index contributed by atoms with van der Waals surface area (Å²) in [4.78, 5) is 29.5. The summed E-state index contributed by atoms with van der Waals surface area (Å²) in [6.45, 7) is -0.0238. The van der Waals surface area contributed by atoms with Gasteiger partial charge in [-0.3, -0.25) is 14.3 Å². The number of methoxy groups -OCH3 is 1. The molecule has 11 nitrogen and oxygen atoms in total. The Labute approximate surface area is 301 Å². The molecule has 0 spiro atoms. The maximum Gasteiger partial charge on any atom is 0.261 e. The molecule has 0 fully saturated rings. The summed E-state index contributed by atoms with van der Waals surface area (Å²) in [6.07, 6.45) is 0.226. The second-order valence-electron chi connectivity index (χ2n) is 11.9. The zero-order valence-corrected chi connectivity index (χ0v) is 29.0. The van der Waals surface area contributed by atoms with Crippen LogP contribution in [0, 0.1) is 5.82 Å². The maximum atomic E-state index is 14.1. The van der Waals surface area contributed by atoms with E-state index in [1.807, 2.05) is 48.5 Å². The van der Waals surface area contributed by atoms with Crippen molar-refractivity contribution in [3.8, 4) is 23.0 Å². The maximum absolute atomic E-state index is 14.1. The molecule has 2 N–H and O–H groups in total. The molecule has 5 aromatic rings. The van der Waals surface area contributed by atoms with Gasteiger partial charge in [0.15, 0.2) is 18.1 Å². The zero-order valence-electron chi connectivity index (χ0n) is 28.2. The molecule has 268 valence electrons. The van der Waals surface area contributed by atoms with Crippen molar-refractivity contribution in [2.75, 3.05) is 25.2 Å². The number of benzene rings is 5. The topological polar surface area (TPSA) is 132 Å². The van der Waals surface area contributed by atoms with Crippen molar-refractivity contribution >= 4 is 27.5 Å². The van der Waals surface area contributed by atoms with Gasteiger partial charge in [0.25, 0.3) is 15.9 Å². The SMILES string of the molecule is COc1ccc(CN(C(=O)COc2ccc(S(=O)(=O)Nc3ccc(F)cc3)cc2)[C@@H](Cc2ccccc2)C(=O)NCc2ccc3c(c2)OCO3)cc1. The molecule has 0 saturated heterocycles. The highest BCUT2D eigenvalue weighted by Gasteiger charge is 2.31. The average molecular weight is 726 g/mol. The molecule has 0 radical (unpaired) electrons. The predicted octanol–water partition coefficient (Wildman–Crippen LogP) is 5.70. The first kappa shape index (κ1) is 35.7. The molecule has 0 unspecified atom stereocenters. The van der Waals surface area contributed by atoms with Crippen molar-refractivity contribution in [1.29, 1.82) is 0 Å². The van der Waals surface area contributed by atoms with E-state index in [1.165, 1.54) is 41.3 Å². The first-order valence-corrected chi connectivity index (χ1v) is 17.8. The highest BCUT2D eigenvalue weighted by atomic mass is 32.2. The molecule has 1 heterocycles. The number of carbonyl (C=O) groups excluding carboxylic acids is 2. The molecular formula is C39H36FN3O8S. The number of amides is 2. The van der Waals surface area contributed by atoms with Crippen molar-refractivity contribution < 1.29 is 41.3 Å². The van der Waals surface area contributed by atoms with Gasteiger partial charge in [-0.15, -0.1) is 0 Å². The van der Waals surface area contributed by atoms with Crippen molar-refractivity contribution in [3.63, 3.8) is 0 Å². The lowest BCUT2D eigenvalue weighted by atomic mass is 10.0. The number of halogens is 1. The second-order valence-corrected chi connectivity index (χ2v) is 13.5. The number of hydrogen-bond acceptors (Lipinski definition) is 8. The summed E-state index contributed by atoms with van der Waals surface area (Å²) in [5, 5.41) is 2.99. The number of nitrogens with zero attached hydrogens (tertiary/aromatic N) is 1. The molecule has 52 heavy (non-hydrogen) atoms. The molecule has 1 aliphatic rings. The molecule has 0 aliphatic carbocycles. The lowest BCUT2D eigenvalue weighted by Gasteiger charge is -2.31. The van der Waals surface area contributed by atoms with Gasteiger partial charge in [0.2, 0.25) is 12.7 Å². The molecule has 0 saturated carbocycles. The van der Waals surface area contributed by atoms with Gasteiger partial charge in [0.05, 0.1) is 12.0 Å². The Balaban J connectivity index is 1.21. The summed E-state index contributed by atoms with van der Waals surface area (Å²) >= 11 is 0. The Bertz CT molecular complexity index is 2100. The normalized spacial score (nSPS) is 12.4. The van der Waals surface area contributed by atoms with Crippen LogP contribution >= 0.6 is 0 Å². The van der Waals surface area contributed by atoms with Gasteiger partial charge in [-0.2, -0.15) is 0 Å². The lowest BCUT2D eigenvalue weighted by Crippen LogP contribution is -2.51. The van der Waals surface area contributed by atoms with E-state index in [0.717, 1.165) is 28.8 Å². The van der Waals surface area contributed by atoms with Gasteiger partial charge in [-0.05, 0) is 89.5 Å². The van der Waals surface area contributed by atoms with Crippen molar-refractivity contribution in [2.45, 2.75) is 30.4 Å². The average Bonchev–Trinajstić information content (AvgIpc) is 3.64. The van der Waals surface area contributed by atoms with E-state index in [2.05, 4.69) is 10.0 Å². The molecular weight excluding hydrogens is 690 g/mol. The van der Waals surface area contributed by atoms with E-state index < -0.39 is 34.4 Å². The van der Waals surface area contributed by atoms with E-state index in [9.17, 15) is 22.4 Å². The molecule has 6 rings (SSSR count). The zero-order chi connectivity index (χ0) is 36.5. The Morgan fingerprint density at radius 3 is 2.19 bits per heavy atom. The third-order valence-electron chi connectivity index (χ3n) is 8.28. The summed E-state index contributed by atoms with van der Waals surface area (Å²) in [6, 6.07) is 31.6. The molecule has 1 aliphatic heterocycles. The molecule has 0 aromatic heterocycles. The van der Waals surface area contributed by atoms with Gasteiger partial charge in [-0.1, -0.05) is 48.5 Å². The summed E-state index contributed by atoms with van der Waals surface area (Å²) in [5.74, 6) is 0.782. The van der Waals surface area contributed by atoms with Crippen LogP contribution in [-0.2, 0) is 39.1 Å². The predicted molar refractivity (Wildman–Crippen MR) is 191 cm³/mol. The quantitative estimate of drug-likeness (QED) is 0.141. The minimum Gasteiger partial charge on any atom is -0.497 e. The Kier molecular flexibility index (Phi) is 11.2. The number of hydrogen-bond donors (Lipinski definition) is 2. The minimum atomic E-state index is -3.98. The number of ether oxygens (including phenoxy) is 4. The number of fused-ring (bicyclic) bond motifs is 1. The van der Waals surface area contributed by atoms with E-state index in [0.29, 0.717) is 17.2 Å². The number of rotatable bonds is 15. The van der Waals surface area contributed by atoms with Crippen LogP contribution in [0.15, 0.2) is 126 Å². The van der Waals surface area contributed by atoms with E-state index >= 15 is 0 Å². The number of anilines is 1. The van der Waals surface area contributed by atoms with Crippen LogP contribution in [0.1, 0.15) is 16.7 Å². The van der Waals surface area contributed by atoms with Crippen LogP contribution in [0.25, 0.3) is 0 Å². The highest BCUT2D eigenvalue weighted by molar-refractivity contribution is 7.92. The van der Waals surface area contributed by atoms with Crippen LogP contribution in [0.3, 0.4) is 0 Å². The third-order valence-corrected chi connectivity index (χ3v) is 9.68. The first-order valence-electron chi connectivity index (χ1n) is 16.3. The van der Waals surface area contributed by atoms with E-state index in [4.69, 9.17) is 18.9 Å². The Morgan fingerprint density at radius 1 is 0.808 bits per heavy atom. The Hall–Kier alpha value is -6.08. The Morgan fingerprint density at radius 2 is 1.48 bits per heavy atom. The fraction of sp³-hybridized carbons (Fsp3) is 0.179. The summed E-state index contributed by atoms with van der Waals surface area (Å²) in [7, 11) is -2.41. The molecule has 1 atom stereocenters. The molecule has 2 amide bonds. The highest BCUT2D eigenvalue weighted by Crippen LogP contribution is 2.32. The second kappa shape index (κ2) is 16.3. The molecule has 13 heteroatoms. The van der Waals surface area contributed by atoms with Crippen LogP contribution in [-0.4, -0.2) is 51.7 Å². The van der Waals surface area contributed by atoms with Gasteiger partial charge in [-0.25, -0.2) is 12.8 Å². The minimum absolute atomic E-state index is 0.0568. The van der Waals surface area contributed by atoms with Crippen molar-refractivity contribution in [2.24, 2.45) is 0 Å². The van der Waals surface area contributed by atoms with Crippen LogP contribution < -0.4 is 29.0 Å². The summed E-state index contributed by atoms with van der Waals surface area (Å²) in [5.41, 5.74) is 2.62. The van der Waals surface area contributed by atoms with E-state index in [-0.39, 0.29) is 48.5 Å². The van der Waals surface area contributed by atoms with Crippen LogP contribution in [0.4, 0.5) is 10.1 Å². The number of nitrogens with one attached hydrogen (secondary N) is 2. The van der Waals surface area contributed by atoms with Gasteiger partial charge < -0.3 is 29.2 Å². The largest absolute Gasteiger partial charge is 0.497 e. The lowest BCUT2D eigenvalue weighted by molar-refractivity contribution is -0.142. The molecule has 5 aromatic carbocycles. The standard InChI is InChI=1S/C39H36FN3O8S/c1-48-32-14-7-28(8-15-32)24-43(38(44)25-49-33-16-18-34(19-17-33)52(46,47)42-31-12-10-30(40)11-13-31)35(21-27-5-3-2-4-6-27)39(45)41-23-29-9-20-36-37(22-29)51-26-50-36/h2-20,22,35,42H,21,23-26H2,1H3,(H,41,45)/t35-/m0/s1. The van der Waals surface area contributed by atoms with Crippen molar-refractivity contribution in [1.82, 2.24) is 10.2 Å². The van der Waals surface area contributed by atoms with Gasteiger partial charge in [0.1, 0.15) is 23.4 Å². The van der Waals surface area contributed by atoms with E-state index in [1.54, 1.807) is 31.4 Å². The van der Waals surface area contributed by atoms with Crippen molar-refractivity contribution in [3.05, 3.63) is 144 Å². The van der Waals surface area contributed by atoms with Crippen LogP contribution in [0.5, 0.6) is 23.0 Å². The number of sulfonamides is 1. The van der Waals surface area contributed by atoms with Gasteiger partial charge in [0, 0.05) is 25.2 Å². The van der Waals surface area contributed by atoms with Crippen LogP contribution in [0.2, 0.25) is 0 Å². The molecule has 0 bridgehead atoms. The smallest absolute Gasteiger partial charge is 0.261 e. The monoisotopic (exact) mass is 725 g/mol. The number of carbonyl (C=O) groups is 2. The fourth-order valence-corrected chi connectivity index (χ4v) is 6.57. The van der Waals surface area contributed by atoms with Gasteiger partial charge >= 0.3 is 0 Å². The third kappa shape index (κ3) is 9.17.